The first kappa shape index (κ1) is 15.8. The summed E-state index contributed by atoms with van der Waals surface area (Å²) in [7, 11) is -0.212. The van der Waals surface area contributed by atoms with Gasteiger partial charge in [0.2, 0.25) is 0 Å². The average Bonchev–Trinajstić information content (AvgIpc) is 2.24. The van der Waals surface area contributed by atoms with Crippen LogP contribution in [0.1, 0.15) is 19.4 Å². The van der Waals surface area contributed by atoms with E-state index in [0.29, 0.717) is 17.1 Å². The minimum Gasteiger partial charge on any atom is -0.493 e. The first-order valence-electron chi connectivity index (χ1n) is 5.87. The maximum atomic E-state index is 12.0. The molecule has 108 valence electrons. The van der Waals surface area contributed by atoms with Gasteiger partial charge >= 0.3 is 0 Å². The van der Waals surface area contributed by atoms with Crippen LogP contribution >= 0.6 is 0 Å². The summed E-state index contributed by atoms with van der Waals surface area (Å²) in [6, 6.07) is 5.07. The summed E-state index contributed by atoms with van der Waals surface area (Å²) in [6.07, 6.45) is 0. The fourth-order valence-electron chi connectivity index (χ4n) is 1.84. The van der Waals surface area contributed by atoms with E-state index in [1.165, 1.54) is 14.2 Å². The van der Waals surface area contributed by atoms with Gasteiger partial charge in [-0.25, -0.2) is 8.42 Å². The number of nitrogens with two attached hydrogens (primary N) is 1. The van der Waals surface area contributed by atoms with Crippen molar-refractivity contribution in [2.24, 2.45) is 5.73 Å². The van der Waals surface area contributed by atoms with Crippen LogP contribution in [0.25, 0.3) is 0 Å². The third kappa shape index (κ3) is 5.08. The number of sulfone groups is 1. The summed E-state index contributed by atoms with van der Waals surface area (Å²) in [5.74, 6) is 0.965. The van der Waals surface area contributed by atoms with Crippen LogP contribution in [0.5, 0.6) is 11.5 Å². The van der Waals surface area contributed by atoms with E-state index >= 15 is 0 Å². The summed E-state index contributed by atoms with van der Waals surface area (Å²) < 4.78 is 34.3. The van der Waals surface area contributed by atoms with Crippen LogP contribution in [0.4, 0.5) is 0 Å². The van der Waals surface area contributed by atoms with E-state index in [9.17, 15) is 8.42 Å². The largest absolute Gasteiger partial charge is 0.493 e. The third-order valence-electron chi connectivity index (χ3n) is 2.43. The number of hydrogen-bond donors (Lipinski definition) is 1. The highest BCUT2D eigenvalue weighted by Gasteiger charge is 2.22. The lowest BCUT2D eigenvalue weighted by Gasteiger charge is -2.18. The maximum absolute atomic E-state index is 12.0. The number of rotatable bonds is 6. The SMILES string of the molecule is COc1ccc(CS(=O)(=O)CC(C)(C)N)cc1OC. The van der Waals surface area contributed by atoms with Crippen LogP contribution in [-0.4, -0.2) is 33.9 Å². The predicted octanol–water partition coefficient (Wildman–Crippen LogP) is 1.36. The van der Waals surface area contributed by atoms with Gasteiger partial charge in [0.05, 0.1) is 25.7 Å². The lowest BCUT2D eigenvalue weighted by atomic mass is 10.1. The highest BCUT2D eigenvalue weighted by atomic mass is 32.2. The molecule has 0 aromatic heterocycles. The molecule has 0 aliphatic heterocycles. The molecule has 19 heavy (non-hydrogen) atoms. The number of ether oxygens (including phenoxy) is 2. The Bertz CT molecular complexity index is 532. The van der Waals surface area contributed by atoms with Crippen LogP contribution in [-0.2, 0) is 15.6 Å². The molecule has 0 aliphatic rings. The molecule has 0 fully saturated rings. The standard InChI is InChI=1S/C13H21NO4S/c1-13(2,14)9-19(15,16)8-10-5-6-11(17-3)12(7-10)18-4/h5-7H,8-9,14H2,1-4H3. The van der Waals surface area contributed by atoms with Gasteiger partial charge in [-0.1, -0.05) is 6.07 Å². The molecule has 1 aromatic carbocycles. The molecule has 1 rings (SSSR count). The molecule has 1 aromatic rings. The van der Waals surface area contributed by atoms with E-state index in [1.54, 1.807) is 32.0 Å². The number of hydrogen-bond acceptors (Lipinski definition) is 5. The molecular formula is C13H21NO4S. The van der Waals surface area contributed by atoms with E-state index in [-0.39, 0.29) is 11.5 Å². The minimum atomic E-state index is -3.26. The van der Waals surface area contributed by atoms with Crippen molar-refractivity contribution in [2.45, 2.75) is 25.1 Å². The van der Waals surface area contributed by atoms with Gasteiger partial charge in [-0.2, -0.15) is 0 Å². The van der Waals surface area contributed by atoms with Crippen LogP contribution in [0.2, 0.25) is 0 Å². The summed E-state index contributed by atoms with van der Waals surface area (Å²) in [5, 5.41) is 0. The Hall–Kier alpha value is -1.27. The molecule has 2 N–H and O–H groups in total. The summed E-state index contributed by atoms with van der Waals surface area (Å²) in [6.45, 7) is 3.39. The summed E-state index contributed by atoms with van der Waals surface area (Å²) in [5.41, 5.74) is 5.67. The molecule has 0 atom stereocenters. The zero-order valence-electron chi connectivity index (χ0n) is 11.8. The summed E-state index contributed by atoms with van der Waals surface area (Å²) in [4.78, 5) is 0. The van der Waals surface area contributed by atoms with Gasteiger partial charge < -0.3 is 15.2 Å². The van der Waals surface area contributed by atoms with Gasteiger partial charge in [0.15, 0.2) is 21.3 Å². The van der Waals surface area contributed by atoms with Crippen molar-refractivity contribution in [1.82, 2.24) is 0 Å². The van der Waals surface area contributed by atoms with E-state index in [4.69, 9.17) is 15.2 Å². The van der Waals surface area contributed by atoms with Crippen LogP contribution in [0.15, 0.2) is 18.2 Å². The van der Waals surface area contributed by atoms with E-state index in [0.717, 1.165) is 0 Å². The second kappa shape index (κ2) is 5.79. The van der Waals surface area contributed by atoms with Gasteiger partial charge in [-0.15, -0.1) is 0 Å². The number of benzene rings is 1. The zero-order valence-corrected chi connectivity index (χ0v) is 12.6. The number of methoxy groups -OCH3 is 2. The quantitative estimate of drug-likeness (QED) is 0.854. The normalized spacial score (nSPS) is 12.3. The Morgan fingerprint density at radius 1 is 1.16 bits per heavy atom. The highest BCUT2D eigenvalue weighted by Crippen LogP contribution is 2.28. The van der Waals surface area contributed by atoms with Crippen LogP contribution in [0.3, 0.4) is 0 Å². The van der Waals surface area contributed by atoms with E-state index < -0.39 is 15.4 Å². The van der Waals surface area contributed by atoms with Crippen molar-refractivity contribution >= 4 is 9.84 Å². The zero-order chi connectivity index (χ0) is 14.7. The molecule has 0 heterocycles. The molecule has 0 bridgehead atoms. The molecule has 0 saturated heterocycles. The van der Waals surface area contributed by atoms with Gasteiger partial charge in [-0.3, -0.25) is 0 Å². The highest BCUT2D eigenvalue weighted by molar-refractivity contribution is 7.90. The van der Waals surface area contributed by atoms with Gasteiger partial charge in [-0.05, 0) is 31.5 Å². The fourth-order valence-corrected chi connectivity index (χ4v) is 3.77. The Morgan fingerprint density at radius 2 is 1.74 bits per heavy atom. The van der Waals surface area contributed by atoms with Crippen LogP contribution in [0, 0.1) is 0 Å². The lowest BCUT2D eigenvalue weighted by molar-refractivity contribution is 0.354. The minimum absolute atomic E-state index is 0.0612. The molecule has 5 nitrogen and oxygen atoms in total. The Labute approximate surface area is 114 Å². The van der Waals surface area contributed by atoms with Crippen molar-refractivity contribution in [3.63, 3.8) is 0 Å². The Morgan fingerprint density at radius 3 is 2.21 bits per heavy atom. The monoisotopic (exact) mass is 287 g/mol. The molecule has 0 spiro atoms. The van der Waals surface area contributed by atoms with Crippen molar-refractivity contribution < 1.29 is 17.9 Å². The molecular weight excluding hydrogens is 266 g/mol. The van der Waals surface area contributed by atoms with E-state index in [1.807, 2.05) is 0 Å². The maximum Gasteiger partial charge on any atom is 0.161 e. The molecule has 0 aliphatic carbocycles. The smallest absolute Gasteiger partial charge is 0.161 e. The molecule has 0 amide bonds. The second-order valence-corrected chi connectivity index (χ2v) is 7.27. The second-order valence-electron chi connectivity index (χ2n) is 5.21. The predicted molar refractivity (Wildman–Crippen MR) is 75.3 cm³/mol. The van der Waals surface area contributed by atoms with Crippen molar-refractivity contribution in [2.75, 3.05) is 20.0 Å². The van der Waals surface area contributed by atoms with Gasteiger partial charge in [0, 0.05) is 5.54 Å². The van der Waals surface area contributed by atoms with Gasteiger partial charge in [0.1, 0.15) is 0 Å². The molecule has 6 heteroatoms. The molecule has 0 saturated carbocycles. The first-order chi connectivity index (χ1) is 8.67. The molecule has 0 radical (unpaired) electrons. The van der Waals surface area contributed by atoms with Crippen LogP contribution < -0.4 is 15.2 Å². The average molecular weight is 287 g/mol. The molecule has 0 unspecified atom stereocenters. The Kier molecular flexibility index (Phi) is 4.81. The topological polar surface area (TPSA) is 78.6 Å². The lowest BCUT2D eigenvalue weighted by Crippen LogP contribution is -2.40. The first-order valence-corrected chi connectivity index (χ1v) is 7.69. The van der Waals surface area contributed by atoms with Gasteiger partial charge in [0.25, 0.3) is 0 Å². The van der Waals surface area contributed by atoms with Crippen molar-refractivity contribution in [1.29, 1.82) is 0 Å². The van der Waals surface area contributed by atoms with E-state index in [2.05, 4.69) is 0 Å². The summed E-state index contributed by atoms with van der Waals surface area (Å²) >= 11 is 0. The third-order valence-corrected chi connectivity index (χ3v) is 4.38. The van der Waals surface area contributed by atoms with Crippen molar-refractivity contribution in [3.05, 3.63) is 23.8 Å². The Balaban J connectivity index is 2.94. The fraction of sp³-hybridized carbons (Fsp3) is 0.538. The van der Waals surface area contributed by atoms with Crippen molar-refractivity contribution in [3.8, 4) is 11.5 Å².